The van der Waals surface area contributed by atoms with Crippen LogP contribution in [-0.2, 0) is 59.7 Å². The van der Waals surface area contributed by atoms with Gasteiger partial charge in [0, 0.05) is 0 Å². The summed E-state index contributed by atoms with van der Waals surface area (Å²) in [5.74, 6) is 0. The minimum atomic E-state index is -4.37. The highest BCUT2D eigenvalue weighted by Crippen LogP contribution is 2.36. The minimum absolute atomic E-state index is 0.0388. The zero-order chi connectivity index (χ0) is 34.8. The summed E-state index contributed by atoms with van der Waals surface area (Å²) in [5, 5.41) is 12.2. The van der Waals surface area contributed by atoms with Crippen molar-refractivity contribution in [1.29, 1.82) is 0 Å². The van der Waals surface area contributed by atoms with Gasteiger partial charge in [0.15, 0.2) is 0 Å². The summed E-state index contributed by atoms with van der Waals surface area (Å²) in [6.45, 7) is 2.46. The van der Waals surface area contributed by atoms with Gasteiger partial charge in [-0.25, -0.2) is 0 Å². The largest absolute Gasteiger partial charge is 0.387 e. The third-order valence-electron chi connectivity index (χ3n) is 8.66. The topological polar surface area (TPSA) is 101 Å². The van der Waals surface area contributed by atoms with E-state index in [4.69, 9.17) is 23.1 Å². The van der Waals surface area contributed by atoms with Gasteiger partial charge in [-0.1, -0.05) is 139 Å². The summed E-state index contributed by atoms with van der Waals surface area (Å²) in [4.78, 5) is -0.0388. The van der Waals surface area contributed by atoms with Crippen molar-refractivity contribution in [3.63, 3.8) is 0 Å². The van der Waals surface area contributed by atoms with Crippen molar-refractivity contribution < 1.29 is 36.7 Å². The van der Waals surface area contributed by atoms with Crippen LogP contribution in [0.1, 0.15) is 27.8 Å². The van der Waals surface area contributed by atoms with Gasteiger partial charge in [0.05, 0.1) is 31.3 Å². The lowest BCUT2D eigenvalue weighted by Crippen LogP contribution is -2.67. The van der Waals surface area contributed by atoms with Gasteiger partial charge in [-0.2, -0.15) is 8.42 Å². The van der Waals surface area contributed by atoms with E-state index in [2.05, 4.69) is 0 Å². The predicted octanol–water partition coefficient (Wildman–Crippen LogP) is 6.79. The fourth-order valence-electron chi connectivity index (χ4n) is 5.98. The Morgan fingerprint density at radius 3 is 1.16 bits per heavy atom. The number of ether oxygens (including phenoxy) is 4. The Hall–Kier alpha value is -4.19. The van der Waals surface area contributed by atoms with Gasteiger partial charge in [-0.05, 0) is 41.3 Å². The first-order chi connectivity index (χ1) is 24.4. The molecular weight excluding hydrogens is 653 g/mol. The molecule has 0 unspecified atom stereocenters. The average molecular weight is 695 g/mol. The average Bonchev–Trinajstić information content (AvgIpc) is 3.15. The Bertz CT molecular complexity index is 1840. The maximum atomic E-state index is 13.8. The second-order valence-electron chi connectivity index (χ2n) is 12.4. The normalized spacial score (nSPS) is 22.3. The fourth-order valence-corrected chi connectivity index (χ4v) is 7.08. The first-order valence-electron chi connectivity index (χ1n) is 16.7. The molecule has 5 aromatic carbocycles. The number of aliphatic hydroxyl groups is 1. The first kappa shape index (κ1) is 35.6. The Morgan fingerprint density at radius 2 is 0.780 bits per heavy atom. The van der Waals surface area contributed by atoms with Crippen molar-refractivity contribution in [3.05, 3.63) is 173 Å². The van der Waals surface area contributed by atoms with Crippen molar-refractivity contribution in [3.8, 4) is 0 Å². The van der Waals surface area contributed by atoms with E-state index in [1.165, 1.54) is 12.1 Å². The number of hydrogen-bond donors (Lipinski definition) is 1. The van der Waals surface area contributed by atoms with Crippen molar-refractivity contribution >= 4 is 10.1 Å². The second kappa shape index (κ2) is 17.2. The van der Waals surface area contributed by atoms with Gasteiger partial charge in [0.1, 0.15) is 36.6 Å². The second-order valence-corrected chi connectivity index (χ2v) is 13.9. The van der Waals surface area contributed by atoms with E-state index in [1.54, 1.807) is 12.1 Å². The summed E-state index contributed by atoms with van der Waals surface area (Å²) in [6, 6.07) is 44.7. The molecule has 6 atom stereocenters. The number of hydrogen-bond acceptors (Lipinski definition) is 8. The SMILES string of the molecule is Cc1ccc(S(=O)(=O)O[C@H]2[C@H](O)[C@@H](OCc3ccccc3)[C@H](OCc3ccccc3)[C@@H](OCc3ccccc3)[C@@H]2OCc2ccccc2)cc1. The molecule has 0 radical (unpaired) electrons. The smallest absolute Gasteiger partial charge is 0.297 e. The van der Waals surface area contributed by atoms with Crippen molar-refractivity contribution in [2.24, 2.45) is 0 Å². The summed E-state index contributed by atoms with van der Waals surface area (Å²) in [7, 11) is -4.37. The summed E-state index contributed by atoms with van der Waals surface area (Å²) in [5.41, 5.74) is 4.43. The quantitative estimate of drug-likeness (QED) is 0.120. The molecule has 1 aliphatic carbocycles. The van der Waals surface area contributed by atoms with Crippen molar-refractivity contribution in [2.75, 3.05) is 0 Å². The molecule has 9 heteroatoms. The molecule has 1 aliphatic rings. The Labute approximate surface area is 294 Å². The van der Waals surface area contributed by atoms with Crippen LogP contribution in [0.15, 0.2) is 150 Å². The molecule has 1 fully saturated rings. The van der Waals surface area contributed by atoms with E-state index in [0.717, 1.165) is 27.8 Å². The van der Waals surface area contributed by atoms with E-state index >= 15 is 0 Å². The molecule has 0 saturated heterocycles. The van der Waals surface area contributed by atoms with Gasteiger partial charge in [-0.3, -0.25) is 4.18 Å². The number of benzene rings is 5. The molecule has 1 saturated carbocycles. The lowest BCUT2D eigenvalue weighted by atomic mass is 9.84. The molecule has 0 aromatic heterocycles. The molecule has 0 spiro atoms. The molecule has 260 valence electrons. The van der Waals surface area contributed by atoms with E-state index in [1.807, 2.05) is 128 Å². The van der Waals surface area contributed by atoms with Crippen LogP contribution < -0.4 is 0 Å². The third kappa shape index (κ3) is 9.32. The van der Waals surface area contributed by atoms with E-state index in [9.17, 15) is 13.5 Å². The Balaban J connectivity index is 1.40. The number of rotatable bonds is 15. The maximum absolute atomic E-state index is 13.8. The van der Waals surface area contributed by atoms with Gasteiger partial charge in [-0.15, -0.1) is 0 Å². The molecule has 0 aliphatic heterocycles. The lowest BCUT2D eigenvalue weighted by molar-refractivity contribution is -0.268. The molecule has 1 N–H and O–H groups in total. The zero-order valence-corrected chi connectivity index (χ0v) is 28.7. The summed E-state index contributed by atoms with van der Waals surface area (Å²) in [6.07, 6.45) is -6.87. The van der Waals surface area contributed by atoms with Crippen LogP contribution in [0.5, 0.6) is 0 Å². The highest BCUT2D eigenvalue weighted by Gasteiger charge is 2.55. The molecular formula is C41H42O8S. The number of aryl methyl sites for hydroxylation is 1. The number of aliphatic hydroxyl groups excluding tert-OH is 1. The van der Waals surface area contributed by atoms with Crippen molar-refractivity contribution in [2.45, 2.75) is 74.9 Å². The standard InChI is InChI=1S/C41H42O8S/c1-30-22-24-35(25-23-30)50(43,44)49-38-36(42)37(45-26-31-14-6-2-7-15-31)39(46-27-32-16-8-3-9-17-32)41(48-29-34-20-12-5-13-21-34)40(38)47-28-33-18-10-4-11-19-33/h2-25,36-42H,26-29H2,1H3/t36-,37-,38+,39+,40-,41-/m1/s1. The van der Waals surface area contributed by atoms with E-state index < -0.39 is 46.7 Å². The predicted molar refractivity (Wildman–Crippen MR) is 189 cm³/mol. The van der Waals surface area contributed by atoms with E-state index in [0.29, 0.717) is 0 Å². The molecule has 0 heterocycles. The van der Waals surface area contributed by atoms with Crippen LogP contribution in [0, 0.1) is 6.92 Å². The third-order valence-corrected chi connectivity index (χ3v) is 9.98. The highest BCUT2D eigenvalue weighted by atomic mass is 32.2. The Kier molecular flexibility index (Phi) is 12.2. The lowest BCUT2D eigenvalue weighted by Gasteiger charge is -2.48. The highest BCUT2D eigenvalue weighted by molar-refractivity contribution is 7.86. The van der Waals surface area contributed by atoms with Crippen LogP contribution in [0.3, 0.4) is 0 Å². The Morgan fingerprint density at radius 1 is 0.460 bits per heavy atom. The summed E-state index contributed by atoms with van der Waals surface area (Å²) >= 11 is 0. The molecule has 50 heavy (non-hydrogen) atoms. The zero-order valence-electron chi connectivity index (χ0n) is 27.9. The minimum Gasteiger partial charge on any atom is -0.387 e. The molecule has 5 aromatic rings. The van der Waals surface area contributed by atoms with Crippen LogP contribution >= 0.6 is 0 Å². The van der Waals surface area contributed by atoms with Crippen LogP contribution in [0.2, 0.25) is 0 Å². The first-order valence-corrected chi connectivity index (χ1v) is 18.1. The monoisotopic (exact) mass is 694 g/mol. The molecule has 0 bridgehead atoms. The molecule has 8 nitrogen and oxygen atoms in total. The van der Waals surface area contributed by atoms with Crippen LogP contribution in [0.25, 0.3) is 0 Å². The van der Waals surface area contributed by atoms with Crippen LogP contribution in [0.4, 0.5) is 0 Å². The summed E-state index contributed by atoms with van der Waals surface area (Å²) < 4.78 is 59.9. The van der Waals surface area contributed by atoms with Gasteiger partial charge < -0.3 is 24.1 Å². The van der Waals surface area contributed by atoms with E-state index in [-0.39, 0.29) is 31.3 Å². The molecule has 0 amide bonds. The van der Waals surface area contributed by atoms with Gasteiger partial charge >= 0.3 is 0 Å². The maximum Gasteiger partial charge on any atom is 0.297 e. The van der Waals surface area contributed by atoms with Crippen molar-refractivity contribution in [1.82, 2.24) is 0 Å². The fraction of sp³-hybridized carbons (Fsp3) is 0.268. The van der Waals surface area contributed by atoms with Gasteiger partial charge in [0.25, 0.3) is 10.1 Å². The van der Waals surface area contributed by atoms with Gasteiger partial charge in [0.2, 0.25) is 0 Å². The molecule has 6 rings (SSSR count). The van der Waals surface area contributed by atoms with Crippen LogP contribution in [-0.4, -0.2) is 50.1 Å².